The molecule has 0 N–H and O–H groups in total. The predicted octanol–water partition coefficient (Wildman–Crippen LogP) is 2.90. The number of aryl methyl sites for hydroxylation is 1. The highest BCUT2D eigenvalue weighted by Gasteiger charge is 2.28. The van der Waals surface area contributed by atoms with Crippen molar-refractivity contribution in [1.29, 1.82) is 0 Å². The number of Topliss-reactive ketones (excluding diaryl/α,β-unsaturated/α-hetero) is 1. The zero-order valence-corrected chi connectivity index (χ0v) is 9.76. The third kappa shape index (κ3) is 2.13. The van der Waals surface area contributed by atoms with E-state index < -0.39 is 6.43 Å². The first kappa shape index (κ1) is 12.8. The molecule has 90 valence electrons. The average Bonchev–Trinajstić information content (AvgIpc) is 2.61. The van der Waals surface area contributed by atoms with Gasteiger partial charge in [-0.3, -0.25) is 9.48 Å². The maximum atomic E-state index is 12.5. The summed E-state index contributed by atoms with van der Waals surface area (Å²) >= 11 is 0. The number of alkyl halides is 2. The Morgan fingerprint density at radius 1 is 1.31 bits per heavy atom. The summed E-state index contributed by atoms with van der Waals surface area (Å²) in [5, 5.41) is 3.69. The van der Waals surface area contributed by atoms with Crippen LogP contribution in [0.25, 0.3) is 0 Å². The summed E-state index contributed by atoms with van der Waals surface area (Å²) in [5.74, 6) is -0.0758. The minimum Gasteiger partial charge on any atom is -0.292 e. The zero-order valence-electron chi connectivity index (χ0n) is 9.76. The van der Waals surface area contributed by atoms with Gasteiger partial charge in [-0.1, -0.05) is 13.8 Å². The maximum absolute atomic E-state index is 12.5. The van der Waals surface area contributed by atoms with Crippen molar-refractivity contribution in [1.82, 2.24) is 9.78 Å². The second-order valence-electron chi connectivity index (χ2n) is 3.41. The molecule has 0 spiro atoms. The third-order valence-corrected chi connectivity index (χ3v) is 2.48. The molecule has 0 radical (unpaired) electrons. The number of hydrogen-bond donors (Lipinski definition) is 0. The van der Waals surface area contributed by atoms with Crippen LogP contribution in [-0.2, 0) is 13.5 Å². The number of halogens is 2. The lowest BCUT2D eigenvalue weighted by atomic mass is 9.95. The lowest BCUT2D eigenvalue weighted by Gasteiger charge is -2.11. The van der Waals surface area contributed by atoms with Crippen LogP contribution < -0.4 is 0 Å². The zero-order chi connectivity index (χ0) is 12.3. The van der Waals surface area contributed by atoms with Crippen molar-refractivity contribution in [3.05, 3.63) is 17.0 Å². The topological polar surface area (TPSA) is 34.9 Å². The summed E-state index contributed by atoms with van der Waals surface area (Å²) < 4.78 is 26.3. The molecule has 0 aromatic carbocycles. The van der Waals surface area contributed by atoms with Gasteiger partial charge in [-0.05, 0) is 12.8 Å². The van der Waals surface area contributed by atoms with E-state index in [1.165, 1.54) is 11.7 Å². The second kappa shape index (κ2) is 5.18. The molecule has 5 heteroatoms. The van der Waals surface area contributed by atoms with E-state index in [0.717, 1.165) is 0 Å². The molecule has 0 saturated carbocycles. The van der Waals surface area contributed by atoms with E-state index >= 15 is 0 Å². The van der Waals surface area contributed by atoms with Gasteiger partial charge in [0, 0.05) is 19.0 Å². The van der Waals surface area contributed by atoms with E-state index in [2.05, 4.69) is 5.10 Å². The molecule has 1 aliphatic carbocycles. The predicted molar refractivity (Wildman–Crippen MR) is 56.8 cm³/mol. The number of carbonyl (C=O) groups excluding carboxylic acids is 1. The molecular formula is C11H16F2N2O. The fraction of sp³-hybridized carbons (Fsp3) is 0.636. The van der Waals surface area contributed by atoms with Gasteiger partial charge in [0.15, 0.2) is 5.78 Å². The Bertz CT molecular complexity index is 386. The number of ketones is 1. The van der Waals surface area contributed by atoms with Gasteiger partial charge in [0.2, 0.25) is 0 Å². The fourth-order valence-corrected chi connectivity index (χ4v) is 1.90. The lowest BCUT2D eigenvalue weighted by molar-refractivity contribution is 0.0963. The van der Waals surface area contributed by atoms with Crippen molar-refractivity contribution in [2.24, 2.45) is 7.05 Å². The Kier molecular flexibility index (Phi) is 4.15. The first-order valence-electron chi connectivity index (χ1n) is 5.48. The van der Waals surface area contributed by atoms with E-state index in [-0.39, 0.29) is 11.5 Å². The summed E-state index contributed by atoms with van der Waals surface area (Å²) in [5.41, 5.74) is 0.584. The van der Waals surface area contributed by atoms with Gasteiger partial charge >= 0.3 is 0 Å². The van der Waals surface area contributed by atoms with Crippen LogP contribution >= 0.6 is 0 Å². The molecule has 0 bridgehead atoms. The Labute approximate surface area is 93.5 Å². The van der Waals surface area contributed by atoms with Crippen LogP contribution in [0.1, 0.15) is 54.9 Å². The molecule has 0 unspecified atom stereocenters. The van der Waals surface area contributed by atoms with Crippen molar-refractivity contribution >= 4 is 5.78 Å². The maximum Gasteiger partial charge on any atom is 0.282 e. The first-order chi connectivity index (χ1) is 7.61. The highest BCUT2D eigenvalue weighted by atomic mass is 19.3. The normalized spacial score (nSPS) is 14.5. The summed E-state index contributed by atoms with van der Waals surface area (Å²) in [6, 6.07) is 0. The van der Waals surface area contributed by atoms with E-state index in [4.69, 9.17) is 0 Å². The Hall–Kier alpha value is -1.26. The quantitative estimate of drug-likeness (QED) is 0.743. The highest BCUT2D eigenvalue weighted by molar-refractivity contribution is 5.97. The highest BCUT2D eigenvalue weighted by Crippen LogP contribution is 2.29. The first-order valence-corrected chi connectivity index (χ1v) is 5.48. The van der Waals surface area contributed by atoms with Crippen LogP contribution in [0.15, 0.2) is 0 Å². The number of rotatable bonds is 1. The molecule has 0 saturated heterocycles. The van der Waals surface area contributed by atoms with Crippen LogP contribution in [0.2, 0.25) is 0 Å². The molecule has 16 heavy (non-hydrogen) atoms. The van der Waals surface area contributed by atoms with Crippen LogP contribution in [-0.4, -0.2) is 15.6 Å². The van der Waals surface area contributed by atoms with Crippen molar-refractivity contribution in [2.45, 2.75) is 39.5 Å². The standard InChI is InChI=1S/C9H10F2N2O.C2H6/c1-13-8-5(3-2-4-6(8)14)7(12-13)9(10)11;1-2/h9H,2-4H2,1H3;1-2H3. The van der Waals surface area contributed by atoms with Gasteiger partial charge in [-0.2, -0.15) is 5.10 Å². The number of carbonyl (C=O) groups is 1. The van der Waals surface area contributed by atoms with Crippen LogP contribution in [0.4, 0.5) is 8.78 Å². The van der Waals surface area contributed by atoms with Crippen molar-refractivity contribution in [3.8, 4) is 0 Å². The summed E-state index contributed by atoms with van der Waals surface area (Å²) in [6.07, 6.45) is -0.961. The van der Waals surface area contributed by atoms with Gasteiger partial charge in [-0.25, -0.2) is 8.78 Å². The van der Waals surface area contributed by atoms with Gasteiger partial charge < -0.3 is 0 Å². The minimum absolute atomic E-state index is 0.0758. The number of hydrogen-bond acceptors (Lipinski definition) is 2. The fourth-order valence-electron chi connectivity index (χ4n) is 1.90. The Morgan fingerprint density at radius 2 is 1.94 bits per heavy atom. The number of nitrogens with zero attached hydrogens (tertiary/aromatic N) is 2. The molecule has 2 rings (SSSR count). The largest absolute Gasteiger partial charge is 0.292 e. The molecule has 0 fully saturated rings. The van der Waals surface area contributed by atoms with Gasteiger partial charge in [0.1, 0.15) is 11.4 Å². The SMILES string of the molecule is CC.Cn1nc(C(F)F)c2c1C(=O)CCC2. The van der Waals surface area contributed by atoms with E-state index in [1.54, 1.807) is 0 Å². The molecule has 0 aliphatic heterocycles. The molecular weight excluding hydrogens is 214 g/mol. The lowest BCUT2D eigenvalue weighted by Crippen LogP contribution is -2.14. The number of fused-ring (bicyclic) bond motifs is 1. The Balaban J connectivity index is 0.000000606. The van der Waals surface area contributed by atoms with Crippen LogP contribution in [0.5, 0.6) is 0 Å². The monoisotopic (exact) mass is 230 g/mol. The van der Waals surface area contributed by atoms with Gasteiger partial charge in [-0.15, -0.1) is 0 Å². The number of aromatic nitrogens is 2. The van der Waals surface area contributed by atoms with Crippen molar-refractivity contribution in [3.63, 3.8) is 0 Å². The molecule has 1 aromatic rings. The van der Waals surface area contributed by atoms with Crippen molar-refractivity contribution in [2.75, 3.05) is 0 Å². The summed E-state index contributed by atoms with van der Waals surface area (Å²) in [7, 11) is 1.54. The van der Waals surface area contributed by atoms with Crippen LogP contribution in [0.3, 0.4) is 0 Å². The van der Waals surface area contributed by atoms with Gasteiger partial charge in [0.05, 0.1) is 0 Å². The second-order valence-corrected chi connectivity index (χ2v) is 3.41. The third-order valence-electron chi connectivity index (χ3n) is 2.48. The average molecular weight is 230 g/mol. The molecule has 1 aromatic heterocycles. The molecule has 0 amide bonds. The minimum atomic E-state index is -2.59. The van der Waals surface area contributed by atoms with Crippen LogP contribution in [0, 0.1) is 0 Å². The Morgan fingerprint density at radius 3 is 2.50 bits per heavy atom. The van der Waals surface area contributed by atoms with E-state index in [1.807, 2.05) is 13.8 Å². The molecule has 1 aliphatic rings. The smallest absolute Gasteiger partial charge is 0.282 e. The van der Waals surface area contributed by atoms with E-state index in [0.29, 0.717) is 30.5 Å². The summed E-state index contributed by atoms with van der Waals surface area (Å²) in [6.45, 7) is 4.00. The molecule has 3 nitrogen and oxygen atoms in total. The van der Waals surface area contributed by atoms with Gasteiger partial charge in [0.25, 0.3) is 6.43 Å². The molecule has 1 heterocycles. The van der Waals surface area contributed by atoms with E-state index in [9.17, 15) is 13.6 Å². The summed E-state index contributed by atoms with van der Waals surface area (Å²) in [4.78, 5) is 11.4. The van der Waals surface area contributed by atoms with Crippen molar-refractivity contribution < 1.29 is 13.6 Å². The molecule has 0 atom stereocenters.